The van der Waals surface area contributed by atoms with E-state index < -0.39 is 29.5 Å². The summed E-state index contributed by atoms with van der Waals surface area (Å²) in [6.07, 6.45) is 9.72. The number of piperazine rings is 1. The number of ether oxygens (including phenoxy) is 4. The molecule has 3 rings (SSSR count). The topological polar surface area (TPSA) is 130 Å². The van der Waals surface area contributed by atoms with Gasteiger partial charge in [0.2, 0.25) is 0 Å². The van der Waals surface area contributed by atoms with Crippen molar-refractivity contribution in [2.24, 2.45) is 17.8 Å². The second kappa shape index (κ2) is 16.5. The first kappa shape index (κ1) is 37.2. The largest absolute Gasteiger partial charge is 0.457 e. The van der Waals surface area contributed by atoms with Gasteiger partial charge in [-0.25, -0.2) is 4.79 Å². The van der Waals surface area contributed by atoms with E-state index in [1.54, 1.807) is 31.1 Å². The zero-order valence-corrected chi connectivity index (χ0v) is 28.7. The highest BCUT2D eigenvalue weighted by molar-refractivity contribution is 5.70. The van der Waals surface area contributed by atoms with Crippen molar-refractivity contribution in [3.8, 4) is 0 Å². The fraction of sp³-hybridized carbons (Fsp3) is 0.771. The van der Waals surface area contributed by atoms with Crippen molar-refractivity contribution in [2.75, 3.05) is 33.3 Å². The molecule has 0 aliphatic carbocycles. The molecule has 10 atom stereocenters. The van der Waals surface area contributed by atoms with Crippen molar-refractivity contribution in [2.45, 2.75) is 122 Å². The van der Waals surface area contributed by atoms with Crippen LogP contribution in [0.2, 0.25) is 0 Å². The molecule has 0 spiro atoms. The van der Waals surface area contributed by atoms with Crippen molar-refractivity contribution in [1.29, 1.82) is 0 Å². The first-order chi connectivity index (χ1) is 21.2. The normalized spacial score (nSPS) is 35.4. The first-order valence-corrected chi connectivity index (χ1v) is 16.7. The van der Waals surface area contributed by atoms with Crippen molar-refractivity contribution in [3.05, 3.63) is 36.0 Å². The molecule has 3 aliphatic heterocycles. The lowest BCUT2D eigenvalue weighted by Gasteiger charge is -2.37. The summed E-state index contributed by atoms with van der Waals surface area (Å²) in [5.74, 6) is -0.438. The third-order valence-corrected chi connectivity index (χ3v) is 9.69. The monoisotopic (exact) mass is 634 g/mol. The van der Waals surface area contributed by atoms with Gasteiger partial charge >= 0.3 is 12.1 Å². The van der Waals surface area contributed by atoms with E-state index in [-0.39, 0.29) is 48.4 Å². The highest BCUT2D eigenvalue weighted by Crippen LogP contribution is 2.37. The lowest BCUT2D eigenvalue weighted by molar-refractivity contribution is -0.150. The minimum Gasteiger partial charge on any atom is -0.457 e. The highest BCUT2D eigenvalue weighted by Gasteiger charge is 2.47. The van der Waals surface area contributed by atoms with Crippen LogP contribution in [0.5, 0.6) is 0 Å². The predicted octanol–water partition coefficient (Wildman–Crippen LogP) is 4.54. The van der Waals surface area contributed by atoms with Gasteiger partial charge in [0.05, 0.1) is 23.9 Å². The summed E-state index contributed by atoms with van der Waals surface area (Å²) in [5, 5.41) is 24.4. The molecule has 1 amide bonds. The molecule has 10 nitrogen and oxygen atoms in total. The van der Waals surface area contributed by atoms with E-state index in [4.69, 9.17) is 18.9 Å². The zero-order valence-electron chi connectivity index (χ0n) is 28.7. The Hall–Kier alpha value is -2.24. The number of carbonyl (C=O) groups excluding carboxylic acids is 2. The number of hydrogen-bond acceptors (Lipinski definition) is 9. The standard InChI is InChI=1S/C35H58N2O8/c1-9-27(38)26(5)32-28(43-32)22-34(6,41)15-10-11-24(3)31-25(4)12-13-29(44-33(40)37-19-17-36-18-20-37)35(7,42-8)16-14-23(2)21-30(39)45-31/h10-13,15,23,25-29,31-32,36,38,41H,9,14,16-22H2,1-8H3/b13-12+,15-10+,24-11+/t23-,25+,26-,27+,28-,29+,31-,32-,34+,35-/m1/s1. The molecular formula is C35H58N2O8. The molecule has 256 valence electrons. The Kier molecular flexibility index (Phi) is 13.7. The van der Waals surface area contributed by atoms with Crippen LogP contribution >= 0.6 is 0 Å². The summed E-state index contributed by atoms with van der Waals surface area (Å²) in [6.45, 7) is 16.1. The molecule has 0 aromatic rings. The molecule has 0 aromatic carbocycles. The molecule has 3 N–H and O–H groups in total. The summed E-state index contributed by atoms with van der Waals surface area (Å²) < 4.78 is 23.9. The number of methoxy groups -OCH3 is 1. The number of nitrogens with one attached hydrogen (secondary N) is 1. The van der Waals surface area contributed by atoms with Gasteiger partial charge in [0, 0.05) is 58.0 Å². The molecule has 0 aromatic heterocycles. The van der Waals surface area contributed by atoms with Gasteiger partial charge in [-0.3, -0.25) is 4.79 Å². The third-order valence-electron chi connectivity index (χ3n) is 9.69. The minimum atomic E-state index is -1.11. The molecule has 0 unspecified atom stereocenters. The van der Waals surface area contributed by atoms with Gasteiger partial charge in [0.1, 0.15) is 11.7 Å². The Labute approximate surface area is 270 Å². The first-order valence-electron chi connectivity index (χ1n) is 16.7. The number of esters is 1. The van der Waals surface area contributed by atoms with E-state index in [9.17, 15) is 19.8 Å². The number of aliphatic hydroxyl groups is 2. The third kappa shape index (κ3) is 10.9. The van der Waals surface area contributed by atoms with Gasteiger partial charge in [0.25, 0.3) is 0 Å². The Morgan fingerprint density at radius 2 is 1.98 bits per heavy atom. The van der Waals surface area contributed by atoms with Crippen LogP contribution in [0.4, 0.5) is 4.79 Å². The number of carbonyl (C=O) groups is 2. The zero-order chi connectivity index (χ0) is 33.4. The van der Waals surface area contributed by atoms with E-state index in [0.29, 0.717) is 38.8 Å². The second-order valence-corrected chi connectivity index (χ2v) is 13.9. The van der Waals surface area contributed by atoms with Crippen molar-refractivity contribution >= 4 is 12.1 Å². The Morgan fingerprint density at radius 1 is 1.29 bits per heavy atom. The van der Waals surface area contributed by atoms with E-state index in [1.165, 1.54) is 0 Å². The minimum absolute atomic E-state index is 0.0157. The SMILES string of the molecule is CC[C@H](O)[C@@H](C)[C@H]1O[C@@H]1C[C@@](C)(O)/C=C/C=C(\C)[C@H]1OC(=O)C[C@H](C)CC[C@@](C)(OC)[C@@H](OC(=O)N2CCNCC2)/C=C/[C@@H]1C. The number of hydrogen-bond donors (Lipinski definition) is 3. The number of nitrogens with zero attached hydrogens (tertiary/aromatic N) is 1. The van der Waals surface area contributed by atoms with Gasteiger partial charge in [-0.2, -0.15) is 0 Å². The number of epoxide rings is 1. The van der Waals surface area contributed by atoms with Crippen molar-refractivity contribution < 1.29 is 38.7 Å². The molecule has 0 bridgehead atoms. The Morgan fingerprint density at radius 3 is 2.62 bits per heavy atom. The smallest absolute Gasteiger partial charge is 0.410 e. The van der Waals surface area contributed by atoms with E-state index in [2.05, 4.69) is 5.32 Å². The second-order valence-electron chi connectivity index (χ2n) is 13.9. The molecular weight excluding hydrogens is 576 g/mol. The van der Waals surface area contributed by atoms with Crippen LogP contribution in [-0.4, -0.2) is 102 Å². The maximum absolute atomic E-state index is 13.1. The Balaban J connectivity index is 1.77. The van der Waals surface area contributed by atoms with E-state index in [1.807, 2.05) is 59.8 Å². The fourth-order valence-corrected chi connectivity index (χ4v) is 6.21. The van der Waals surface area contributed by atoms with Crippen LogP contribution in [0.1, 0.15) is 80.6 Å². The lowest BCUT2D eigenvalue weighted by Crippen LogP contribution is -2.50. The van der Waals surface area contributed by atoms with Gasteiger partial charge in [0.15, 0.2) is 6.10 Å². The summed E-state index contributed by atoms with van der Waals surface area (Å²) in [6, 6.07) is 0. The van der Waals surface area contributed by atoms with Crippen LogP contribution in [0.3, 0.4) is 0 Å². The number of aliphatic hydroxyl groups excluding tert-OH is 1. The average Bonchev–Trinajstić information content (AvgIpc) is 3.77. The van der Waals surface area contributed by atoms with Crippen molar-refractivity contribution in [3.63, 3.8) is 0 Å². The maximum atomic E-state index is 13.1. The highest BCUT2D eigenvalue weighted by atomic mass is 16.6. The van der Waals surface area contributed by atoms with Crippen molar-refractivity contribution in [1.82, 2.24) is 10.2 Å². The summed E-state index contributed by atoms with van der Waals surface area (Å²) in [7, 11) is 1.63. The quantitative estimate of drug-likeness (QED) is 0.137. The van der Waals surface area contributed by atoms with Crippen LogP contribution in [0.15, 0.2) is 36.0 Å². The molecule has 0 saturated carbocycles. The van der Waals surface area contributed by atoms with E-state index in [0.717, 1.165) is 18.7 Å². The number of cyclic esters (lactones) is 1. The van der Waals surface area contributed by atoms with Crippen LogP contribution in [-0.2, 0) is 23.7 Å². The average molecular weight is 635 g/mol. The Bertz CT molecular complexity index is 1070. The molecule has 45 heavy (non-hydrogen) atoms. The summed E-state index contributed by atoms with van der Waals surface area (Å²) in [5.41, 5.74) is -1.06. The molecule has 3 heterocycles. The predicted molar refractivity (Wildman–Crippen MR) is 174 cm³/mol. The van der Waals surface area contributed by atoms with Crippen LogP contribution < -0.4 is 5.32 Å². The number of allylic oxidation sites excluding steroid dienone is 2. The molecule has 2 saturated heterocycles. The van der Waals surface area contributed by atoms with Gasteiger partial charge in [-0.15, -0.1) is 0 Å². The molecule has 3 aliphatic rings. The number of rotatable bonds is 10. The molecule has 10 heteroatoms. The molecule has 0 radical (unpaired) electrons. The van der Waals surface area contributed by atoms with Gasteiger partial charge < -0.3 is 39.4 Å². The van der Waals surface area contributed by atoms with Crippen LogP contribution in [0.25, 0.3) is 0 Å². The fourth-order valence-electron chi connectivity index (χ4n) is 6.21. The van der Waals surface area contributed by atoms with Crippen LogP contribution in [0, 0.1) is 17.8 Å². The summed E-state index contributed by atoms with van der Waals surface area (Å²) >= 11 is 0. The summed E-state index contributed by atoms with van der Waals surface area (Å²) in [4.78, 5) is 27.9. The lowest BCUT2D eigenvalue weighted by atomic mass is 9.86. The number of amides is 1. The van der Waals surface area contributed by atoms with E-state index >= 15 is 0 Å². The van der Waals surface area contributed by atoms with Gasteiger partial charge in [-0.05, 0) is 57.6 Å². The maximum Gasteiger partial charge on any atom is 0.410 e. The molecule has 2 fully saturated rings. The van der Waals surface area contributed by atoms with Gasteiger partial charge in [-0.1, -0.05) is 52.0 Å².